The van der Waals surface area contributed by atoms with E-state index in [0.717, 1.165) is 18.4 Å². The summed E-state index contributed by atoms with van der Waals surface area (Å²) in [6.07, 6.45) is 3.40. The van der Waals surface area contributed by atoms with Crippen LogP contribution in [0.25, 0.3) is 0 Å². The molecule has 1 aromatic rings. The lowest BCUT2D eigenvalue weighted by Crippen LogP contribution is -2.50. The maximum atomic E-state index is 12.6. The van der Waals surface area contributed by atoms with Crippen LogP contribution in [0.15, 0.2) is 24.3 Å². The summed E-state index contributed by atoms with van der Waals surface area (Å²) in [6, 6.07) is 8.19. The van der Waals surface area contributed by atoms with E-state index in [1.807, 2.05) is 36.2 Å². The van der Waals surface area contributed by atoms with Crippen molar-refractivity contribution >= 4 is 11.8 Å². The van der Waals surface area contributed by atoms with Crippen LogP contribution in [0.2, 0.25) is 0 Å². The van der Waals surface area contributed by atoms with E-state index in [0.29, 0.717) is 30.7 Å². The molecule has 1 N–H and O–H groups in total. The van der Waals surface area contributed by atoms with Crippen molar-refractivity contribution in [3.63, 3.8) is 0 Å². The molecule has 24 heavy (non-hydrogen) atoms. The Morgan fingerprint density at radius 2 is 1.75 bits per heavy atom. The van der Waals surface area contributed by atoms with Gasteiger partial charge in [-0.05, 0) is 57.9 Å². The van der Waals surface area contributed by atoms with Crippen LogP contribution >= 0.6 is 0 Å². The SMILES string of the molecule is CNC(=O)c1ccc(CN(C)CC(=O)N2[C@H](C)CCC[C@@H]2C)cc1. The van der Waals surface area contributed by atoms with Crippen molar-refractivity contribution in [3.8, 4) is 0 Å². The smallest absolute Gasteiger partial charge is 0.251 e. The second-order valence-corrected chi connectivity index (χ2v) is 6.88. The van der Waals surface area contributed by atoms with Gasteiger partial charge in [-0.2, -0.15) is 0 Å². The number of rotatable bonds is 5. The fourth-order valence-electron chi connectivity index (χ4n) is 3.50. The van der Waals surface area contributed by atoms with Gasteiger partial charge in [0.25, 0.3) is 5.91 Å². The summed E-state index contributed by atoms with van der Waals surface area (Å²) in [5, 5.41) is 2.61. The molecule has 1 aliphatic rings. The van der Waals surface area contributed by atoms with Gasteiger partial charge in [-0.15, -0.1) is 0 Å². The number of hydrogen-bond donors (Lipinski definition) is 1. The topological polar surface area (TPSA) is 52.7 Å². The molecule has 2 amide bonds. The standard InChI is InChI=1S/C19H29N3O2/c1-14-6-5-7-15(2)22(14)18(23)13-21(4)12-16-8-10-17(11-9-16)19(24)20-3/h8-11,14-15H,5-7,12-13H2,1-4H3,(H,20,24)/t14-,15+. The largest absolute Gasteiger partial charge is 0.355 e. The average Bonchev–Trinajstić information content (AvgIpc) is 2.54. The highest BCUT2D eigenvalue weighted by atomic mass is 16.2. The number of carbonyl (C=O) groups is 2. The number of likely N-dealkylation sites (tertiary alicyclic amines) is 1. The molecule has 1 saturated heterocycles. The molecule has 0 aromatic heterocycles. The monoisotopic (exact) mass is 331 g/mol. The van der Waals surface area contributed by atoms with E-state index >= 15 is 0 Å². The van der Waals surface area contributed by atoms with Crippen LogP contribution in [0.3, 0.4) is 0 Å². The first-order valence-corrected chi connectivity index (χ1v) is 8.73. The number of amides is 2. The van der Waals surface area contributed by atoms with Crippen LogP contribution < -0.4 is 5.32 Å². The number of nitrogens with zero attached hydrogens (tertiary/aromatic N) is 2. The Bertz CT molecular complexity index is 560. The maximum absolute atomic E-state index is 12.6. The predicted octanol–water partition coefficient (Wildman–Crippen LogP) is 2.27. The molecule has 132 valence electrons. The van der Waals surface area contributed by atoms with Crippen LogP contribution in [0.5, 0.6) is 0 Å². The molecule has 1 aliphatic heterocycles. The Labute approximate surface area is 145 Å². The second kappa shape index (κ2) is 8.29. The van der Waals surface area contributed by atoms with Crippen molar-refractivity contribution in [1.29, 1.82) is 0 Å². The number of nitrogens with one attached hydrogen (secondary N) is 1. The molecule has 2 rings (SSSR count). The lowest BCUT2D eigenvalue weighted by Gasteiger charge is -2.39. The molecule has 5 heteroatoms. The van der Waals surface area contributed by atoms with E-state index in [1.54, 1.807) is 7.05 Å². The van der Waals surface area contributed by atoms with Gasteiger partial charge < -0.3 is 10.2 Å². The van der Waals surface area contributed by atoms with Crippen LogP contribution in [0.4, 0.5) is 0 Å². The zero-order valence-electron chi connectivity index (χ0n) is 15.2. The lowest BCUT2D eigenvalue weighted by atomic mass is 9.97. The number of carbonyl (C=O) groups excluding carboxylic acids is 2. The van der Waals surface area contributed by atoms with Crippen molar-refractivity contribution in [3.05, 3.63) is 35.4 Å². The van der Waals surface area contributed by atoms with Crippen molar-refractivity contribution in [2.45, 2.75) is 51.7 Å². The molecule has 0 saturated carbocycles. The van der Waals surface area contributed by atoms with Crippen molar-refractivity contribution < 1.29 is 9.59 Å². The molecule has 2 atom stereocenters. The molecule has 0 aliphatic carbocycles. The van der Waals surface area contributed by atoms with Gasteiger partial charge in [0.15, 0.2) is 0 Å². The summed E-state index contributed by atoms with van der Waals surface area (Å²) in [7, 11) is 3.59. The van der Waals surface area contributed by atoms with Crippen molar-refractivity contribution in [1.82, 2.24) is 15.1 Å². The quantitative estimate of drug-likeness (QED) is 0.900. The molecule has 1 fully saturated rings. The third kappa shape index (κ3) is 4.57. The highest BCUT2D eigenvalue weighted by Gasteiger charge is 2.29. The molecule has 5 nitrogen and oxygen atoms in total. The Balaban J connectivity index is 1.91. The van der Waals surface area contributed by atoms with Crippen molar-refractivity contribution in [2.75, 3.05) is 20.6 Å². The van der Waals surface area contributed by atoms with E-state index < -0.39 is 0 Å². The molecule has 1 heterocycles. The summed E-state index contributed by atoms with van der Waals surface area (Å²) >= 11 is 0. The Kier molecular flexibility index (Phi) is 6.37. The highest BCUT2D eigenvalue weighted by Crippen LogP contribution is 2.22. The Morgan fingerprint density at radius 1 is 1.17 bits per heavy atom. The van der Waals surface area contributed by atoms with Gasteiger partial charge in [-0.1, -0.05) is 12.1 Å². The minimum atomic E-state index is -0.0850. The van der Waals surface area contributed by atoms with E-state index in [4.69, 9.17) is 0 Å². The van der Waals surface area contributed by atoms with Gasteiger partial charge >= 0.3 is 0 Å². The maximum Gasteiger partial charge on any atom is 0.251 e. The van der Waals surface area contributed by atoms with E-state index in [1.165, 1.54) is 6.42 Å². The fraction of sp³-hybridized carbons (Fsp3) is 0.579. The molecule has 0 unspecified atom stereocenters. The first kappa shape index (κ1) is 18.5. The van der Waals surface area contributed by atoms with Crippen LogP contribution in [-0.2, 0) is 11.3 Å². The number of likely N-dealkylation sites (N-methyl/N-ethyl adjacent to an activating group) is 1. The molecule has 0 bridgehead atoms. The van der Waals surface area contributed by atoms with Gasteiger partial charge in [-0.3, -0.25) is 14.5 Å². The molecular formula is C19H29N3O2. The zero-order valence-corrected chi connectivity index (χ0v) is 15.2. The van der Waals surface area contributed by atoms with Gasteiger partial charge in [0.1, 0.15) is 0 Å². The number of hydrogen-bond acceptors (Lipinski definition) is 3. The van der Waals surface area contributed by atoms with E-state index in [2.05, 4.69) is 24.1 Å². The average molecular weight is 331 g/mol. The lowest BCUT2D eigenvalue weighted by molar-refractivity contribution is -0.138. The summed E-state index contributed by atoms with van der Waals surface area (Å²) < 4.78 is 0. The summed E-state index contributed by atoms with van der Waals surface area (Å²) in [5.41, 5.74) is 1.74. The third-order valence-corrected chi connectivity index (χ3v) is 4.78. The summed E-state index contributed by atoms with van der Waals surface area (Å²) in [6.45, 7) is 5.40. The van der Waals surface area contributed by atoms with Gasteiger partial charge in [0.2, 0.25) is 5.91 Å². The first-order chi connectivity index (χ1) is 11.4. The third-order valence-electron chi connectivity index (χ3n) is 4.78. The highest BCUT2D eigenvalue weighted by molar-refractivity contribution is 5.93. The molecule has 1 aromatic carbocycles. The summed E-state index contributed by atoms with van der Waals surface area (Å²) in [4.78, 5) is 28.3. The van der Waals surface area contributed by atoms with Gasteiger partial charge in [0, 0.05) is 31.2 Å². The first-order valence-electron chi connectivity index (χ1n) is 8.73. The van der Waals surface area contributed by atoms with Crippen molar-refractivity contribution in [2.24, 2.45) is 0 Å². The molecular weight excluding hydrogens is 302 g/mol. The normalized spacial score (nSPS) is 21.0. The minimum Gasteiger partial charge on any atom is -0.355 e. The minimum absolute atomic E-state index is 0.0850. The Hall–Kier alpha value is -1.88. The van der Waals surface area contributed by atoms with Crippen LogP contribution in [0, 0.1) is 0 Å². The van der Waals surface area contributed by atoms with E-state index in [-0.39, 0.29) is 11.8 Å². The fourth-order valence-corrected chi connectivity index (χ4v) is 3.50. The number of piperidine rings is 1. The Morgan fingerprint density at radius 3 is 2.29 bits per heavy atom. The van der Waals surface area contributed by atoms with Crippen LogP contribution in [-0.4, -0.2) is 54.3 Å². The van der Waals surface area contributed by atoms with Crippen LogP contribution in [0.1, 0.15) is 49.0 Å². The predicted molar refractivity (Wildman–Crippen MR) is 95.8 cm³/mol. The zero-order chi connectivity index (χ0) is 17.7. The summed E-state index contributed by atoms with van der Waals surface area (Å²) in [5.74, 6) is 0.123. The molecule has 0 radical (unpaired) electrons. The van der Waals surface area contributed by atoms with Gasteiger partial charge in [0.05, 0.1) is 6.54 Å². The number of benzene rings is 1. The van der Waals surface area contributed by atoms with E-state index in [9.17, 15) is 9.59 Å². The molecule has 0 spiro atoms. The second-order valence-electron chi connectivity index (χ2n) is 6.88. The van der Waals surface area contributed by atoms with Gasteiger partial charge in [-0.25, -0.2) is 0 Å².